The van der Waals surface area contributed by atoms with Crippen molar-refractivity contribution in [1.82, 2.24) is 24.8 Å². The van der Waals surface area contributed by atoms with Gasteiger partial charge in [-0.05, 0) is 12.1 Å². The molecule has 0 bridgehead atoms. The van der Waals surface area contributed by atoms with Gasteiger partial charge in [-0.15, -0.1) is 0 Å². The van der Waals surface area contributed by atoms with Gasteiger partial charge in [0.05, 0.1) is 12.4 Å². The summed E-state index contributed by atoms with van der Waals surface area (Å²) in [7, 11) is 0. The third kappa shape index (κ3) is 4.46. The largest absolute Gasteiger partial charge is 0.471 e. The number of nitrogens with zero attached hydrogens (tertiary/aromatic N) is 4. The highest BCUT2D eigenvalue weighted by Crippen LogP contribution is 2.45. The van der Waals surface area contributed by atoms with Crippen molar-refractivity contribution in [3.05, 3.63) is 48.5 Å². The van der Waals surface area contributed by atoms with Crippen molar-refractivity contribution in [2.45, 2.75) is 44.5 Å². The maximum absolute atomic E-state index is 13.1. The van der Waals surface area contributed by atoms with Crippen molar-refractivity contribution >= 4 is 35.3 Å². The van der Waals surface area contributed by atoms with Crippen molar-refractivity contribution in [3.63, 3.8) is 0 Å². The average Bonchev–Trinajstić information content (AvgIpc) is 3.40. The fraction of sp³-hybridized carbons (Fsp3) is 0.364. The van der Waals surface area contributed by atoms with Crippen LogP contribution in [-0.4, -0.2) is 55.8 Å². The predicted octanol–water partition coefficient (Wildman–Crippen LogP) is 2.57. The van der Waals surface area contributed by atoms with Gasteiger partial charge in [0.1, 0.15) is 6.33 Å². The second-order valence-electron chi connectivity index (χ2n) is 8.04. The van der Waals surface area contributed by atoms with Crippen molar-refractivity contribution in [3.8, 4) is 0 Å². The number of rotatable bonds is 7. The van der Waals surface area contributed by atoms with Gasteiger partial charge in [-0.25, -0.2) is 15.0 Å². The molecular formula is C22H21F3N6O5. The Morgan fingerprint density at radius 3 is 2.58 bits per heavy atom. The van der Waals surface area contributed by atoms with E-state index in [1.165, 1.54) is 17.8 Å². The van der Waals surface area contributed by atoms with Crippen LogP contribution in [0.25, 0.3) is 11.2 Å². The lowest BCUT2D eigenvalue weighted by atomic mass is 9.92. The van der Waals surface area contributed by atoms with E-state index in [0.29, 0.717) is 5.56 Å². The number of nitrogens with one attached hydrogen (secondary N) is 2. The summed E-state index contributed by atoms with van der Waals surface area (Å²) >= 11 is 0. The number of benzene rings is 1. The number of alkyl halides is 3. The van der Waals surface area contributed by atoms with Crippen LogP contribution in [-0.2, 0) is 19.1 Å². The number of carbonyl (C=O) groups excluding carboxylic acids is 3. The van der Waals surface area contributed by atoms with E-state index in [-0.39, 0.29) is 29.9 Å². The van der Waals surface area contributed by atoms with E-state index in [1.54, 1.807) is 37.3 Å². The van der Waals surface area contributed by atoms with Crippen LogP contribution in [0.2, 0.25) is 0 Å². The zero-order valence-electron chi connectivity index (χ0n) is 19.0. The number of carbonyl (C=O) groups is 3. The topological polar surface area (TPSA) is 137 Å². The average molecular weight is 506 g/mol. The minimum atomic E-state index is -5.15. The Balaban J connectivity index is 1.73. The lowest BCUT2D eigenvalue weighted by molar-refractivity contribution is -0.236. The Kier molecular flexibility index (Phi) is 6.63. The summed E-state index contributed by atoms with van der Waals surface area (Å²) in [5.41, 5.74) is 0.601. The molecule has 0 spiro atoms. The lowest BCUT2D eigenvalue weighted by Gasteiger charge is -2.30. The van der Waals surface area contributed by atoms with Crippen molar-refractivity contribution in [2.75, 3.05) is 5.32 Å². The maximum Gasteiger partial charge on any atom is 0.471 e. The summed E-state index contributed by atoms with van der Waals surface area (Å²) in [6, 6.07) is 7.05. The minimum absolute atomic E-state index is 0.0559. The second kappa shape index (κ2) is 9.53. The van der Waals surface area contributed by atoms with Gasteiger partial charge in [-0.2, -0.15) is 13.2 Å². The van der Waals surface area contributed by atoms with Gasteiger partial charge >= 0.3 is 12.1 Å². The Bertz CT molecular complexity index is 1280. The molecule has 14 heteroatoms. The van der Waals surface area contributed by atoms with Crippen LogP contribution in [0.1, 0.15) is 36.9 Å². The highest BCUT2D eigenvalue weighted by Gasteiger charge is 2.57. The number of halogens is 3. The Morgan fingerprint density at radius 1 is 1.22 bits per heavy atom. The first-order valence-corrected chi connectivity index (χ1v) is 10.8. The SMILES string of the molecule is CC[C@]1(OC=O)O[C@@H](n2cnc3c(NC(=O)c4ccccc4)ncnc32)[C@@H](NC(=O)C(F)(F)F)C1C. The van der Waals surface area contributed by atoms with Gasteiger partial charge in [0.15, 0.2) is 23.2 Å². The molecular weight excluding hydrogens is 485 g/mol. The van der Waals surface area contributed by atoms with E-state index in [9.17, 15) is 27.6 Å². The third-order valence-corrected chi connectivity index (χ3v) is 6.06. The number of amides is 2. The molecule has 2 amide bonds. The molecule has 3 heterocycles. The summed E-state index contributed by atoms with van der Waals surface area (Å²) in [4.78, 5) is 48.0. The molecule has 36 heavy (non-hydrogen) atoms. The van der Waals surface area contributed by atoms with Gasteiger partial charge < -0.3 is 20.1 Å². The van der Waals surface area contributed by atoms with E-state index in [0.717, 1.165) is 6.33 Å². The Morgan fingerprint density at radius 2 is 1.94 bits per heavy atom. The monoisotopic (exact) mass is 506 g/mol. The zero-order chi connectivity index (χ0) is 26.1. The highest BCUT2D eigenvalue weighted by atomic mass is 19.4. The normalized spacial score (nSPS) is 23.9. The molecule has 0 saturated carbocycles. The van der Waals surface area contributed by atoms with E-state index >= 15 is 0 Å². The first-order chi connectivity index (χ1) is 17.1. The molecule has 1 aromatic carbocycles. The number of aromatic nitrogens is 4. The molecule has 2 aromatic heterocycles. The summed E-state index contributed by atoms with van der Waals surface area (Å²) in [5, 5.41) is 4.57. The Labute approximate surface area is 202 Å². The molecule has 2 N–H and O–H groups in total. The van der Waals surface area contributed by atoms with Crippen molar-refractivity contribution in [2.24, 2.45) is 5.92 Å². The molecule has 11 nitrogen and oxygen atoms in total. The third-order valence-electron chi connectivity index (χ3n) is 6.06. The molecule has 1 fully saturated rings. The zero-order valence-corrected chi connectivity index (χ0v) is 19.0. The number of hydrogen-bond donors (Lipinski definition) is 2. The molecule has 1 unspecified atom stereocenters. The molecule has 190 valence electrons. The van der Waals surface area contributed by atoms with Gasteiger partial charge in [-0.1, -0.05) is 32.0 Å². The highest BCUT2D eigenvalue weighted by molar-refractivity contribution is 6.06. The minimum Gasteiger partial charge on any atom is -0.435 e. The maximum atomic E-state index is 13.1. The predicted molar refractivity (Wildman–Crippen MR) is 117 cm³/mol. The summed E-state index contributed by atoms with van der Waals surface area (Å²) in [6.45, 7) is 3.25. The van der Waals surface area contributed by atoms with E-state index < -0.39 is 42.0 Å². The standard InChI is InChI=1S/C22H21F3N6O5/c1-3-21(35-11-32)12(2)14(29-20(34)22(23,24)25)19(36-21)31-10-28-15-16(26-9-27-17(15)31)30-18(33)13-7-5-4-6-8-13/h4-12,14,19H,3H2,1-2H3,(H,29,34)(H,26,27,30,33)/t12?,14-,19+,21-/m0/s1. The van der Waals surface area contributed by atoms with Crippen LogP contribution < -0.4 is 10.6 Å². The number of anilines is 1. The molecule has 1 aliphatic rings. The fourth-order valence-corrected chi connectivity index (χ4v) is 4.17. The Hall–Kier alpha value is -4.07. The van der Waals surface area contributed by atoms with Crippen LogP contribution in [0.3, 0.4) is 0 Å². The van der Waals surface area contributed by atoms with E-state index in [4.69, 9.17) is 9.47 Å². The van der Waals surface area contributed by atoms with Gasteiger partial charge in [-0.3, -0.25) is 19.0 Å². The van der Waals surface area contributed by atoms with Crippen molar-refractivity contribution in [1.29, 1.82) is 0 Å². The number of fused-ring (bicyclic) bond motifs is 1. The lowest BCUT2D eigenvalue weighted by Crippen LogP contribution is -2.49. The number of imidazole rings is 1. The summed E-state index contributed by atoms with van der Waals surface area (Å²) < 4.78 is 51.6. The van der Waals surface area contributed by atoms with Crippen LogP contribution in [0.4, 0.5) is 19.0 Å². The molecule has 0 radical (unpaired) electrons. The number of hydrogen-bond acceptors (Lipinski definition) is 8. The summed E-state index contributed by atoms with van der Waals surface area (Å²) in [6.07, 6.45) is -3.99. The van der Waals surface area contributed by atoms with Crippen LogP contribution in [0.5, 0.6) is 0 Å². The van der Waals surface area contributed by atoms with Crippen LogP contribution in [0.15, 0.2) is 43.0 Å². The first-order valence-electron chi connectivity index (χ1n) is 10.8. The smallest absolute Gasteiger partial charge is 0.435 e. The quantitative estimate of drug-likeness (QED) is 0.467. The molecule has 3 aromatic rings. The van der Waals surface area contributed by atoms with Crippen LogP contribution >= 0.6 is 0 Å². The first kappa shape index (κ1) is 25.0. The fourth-order valence-electron chi connectivity index (χ4n) is 4.17. The molecule has 0 aliphatic carbocycles. The van der Waals surface area contributed by atoms with Gasteiger partial charge in [0, 0.05) is 17.9 Å². The van der Waals surface area contributed by atoms with Crippen LogP contribution in [0, 0.1) is 5.92 Å². The van der Waals surface area contributed by atoms with Crippen molar-refractivity contribution < 1.29 is 37.0 Å². The number of ether oxygens (including phenoxy) is 2. The summed E-state index contributed by atoms with van der Waals surface area (Å²) in [5.74, 6) is -5.10. The molecule has 4 atom stereocenters. The van der Waals surface area contributed by atoms with E-state index in [1.807, 2.05) is 5.32 Å². The second-order valence-corrected chi connectivity index (χ2v) is 8.04. The van der Waals surface area contributed by atoms with E-state index in [2.05, 4.69) is 20.3 Å². The van der Waals surface area contributed by atoms with Gasteiger partial charge in [0.2, 0.25) is 5.79 Å². The van der Waals surface area contributed by atoms with Gasteiger partial charge in [0.25, 0.3) is 12.4 Å². The molecule has 1 aliphatic heterocycles. The molecule has 1 saturated heterocycles. The molecule has 4 rings (SSSR count).